The molecule has 2 aliphatic heterocycles. The minimum Gasteiger partial charge on any atom is -0.496 e. The Kier molecular flexibility index (Phi) is 23.6. The fourth-order valence-corrected chi connectivity index (χ4v) is 8.62. The normalized spacial score (nSPS) is 14.5. The lowest BCUT2D eigenvalue weighted by atomic mass is 10.0. The number of likely N-dealkylation sites (tertiary alicyclic amines) is 1. The maximum absolute atomic E-state index is 13.6. The Balaban J connectivity index is 0.888. The van der Waals surface area contributed by atoms with Crippen molar-refractivity contribution in [2.24, 2.45) is 11.7 Å². The van der Waals surface area contributed by atoms with E-state index in [0.717, 1.165) is 29.1 Å². The number of urea groups is 1. The van der Waals surface area contributed by atoms with Crippen LogP contribution in [0.15, 0.2) is 54.6 Å². The van der Waals surface area contributed by atoms with Crippen molar-refractivity contribution >= 4 is 64.3 Å². The number of hydrogen-bond acceptors (Lipinski definition) is 19. The van der Waals surface area contributed by atoms with Crippen molar-refractivity contribution in [1.29, 1.82) is 0 Å². The Morgan fingerprint density at radius 2 is 1.51 bits per heavy atom. The van der Waals surface area contributed by atoms with Gasteiger partial charge in [-0.3, -0.25) is 38.3 Å². The zero-order valence-electron chi connectivity index (χ0n) is 45.5. The zero-order chi connectivity index (χ0) is 57.6. The van der Waals surface area contributed by atoms with Gasteiger partial charge in [0.15, 0.2) is 17.0 Å². The number of imide groups is 1. The highest BCUT2D eigenvalue weighted by atomic mass is 16.6. The number of nitrogen functional groups attached to an aromatic ring is 1. The highest BCUT2D eigenvalue weighted by molar-refractivity contribution is 6.12. The van der Waals surface area contributed by atoms with Crippen LogP contribution in [-0.2, 0) is 62.6 Å². The summed E-state index contributed by atoms with van der Waals surface area (Å²) in [6, 6.07) is 9.54. The third-order valence-electron chi connectivity index (χ3n) is 12.9. The molecule has 10 N–H and O–H groups in total. The standard InChI is InChI=1S/C53H73N13O14/c1-5-79-51-62-46(54)45-47(63-51)66(52(73)61-45)31-36-11-8-35(29-40(36)75-4)30-64-20-16-38(17-21-64)58-53(74)80-32-34-9-12-37(13-10-34)57-48(70)39(7-6-19-56-50(55)72)59-49(71)44(33(2)3)60-41(67)18-23-76-25-27-78-28-26-77-24-22-65-42(68)14-15-43(65)69/h8-15,29,33,38-39,44H,5-7,16-28,30-32H2,1-4H3,(H,57,70)(H,58,74)(H,59,71)(H,60,67)(H,61,73)(H2,54,62,63)(H3,55,56,72)/t39-,44-/m0/s1. The first-order chi connectivity index (χ1) is 38.5. The van der Waals surface area contributed by atoms with Crippen LogP contribution in [0, 0.1) is 5.92 Å². The van der Waals surface area contributed by atoms with Gasteiger partial charge in [0.05, 0.1) is 66.4 Å². The summed E-state index contributed by atoms with van der Waals surface area (Å²) < 4.78 is 34.6. The molecule has 1 fully saturated rings. The van der Waals surface area contributed by atoms with E-state index in [-0.39, 0.29) is 126 Å². The van der Waals surface area contributed by atoms with Gasteiger partial charge in [-0.05, 0) is 67.9 Å². The van der Waals surface area contributed by atoms with Crippen LogP contribution in [0.2, 0.25) is 0 Å². The fraction of sp³-hybridized carbons (Fsp3) is 0.509. The quantitative estimate of drug-likeness (QED) is 0.0255. The summed E-state index contributed by atoms with van der Waals surface area (Å²) in [4.78, 5) is 104. The number of methoxy groups -OCH3 is 1. The molecule has 4 heterocycles. The van der Waals surface area contributed by atoms with Crippen LogP contribution in [0.25, 0.3) is 11.2 Å². The number of hydrogen-bond donors (Lipinski definition) is 8. The number of benzene rings is 2. The van der Waals surface area contributed by atoms with Crippen LogP contribution in [0.3, 0.4) is 0 Å². The Morgan fingerprint density at radius 1 is 0.838 bits per heavy atom. The molecule has 0 aliphatic carbocycles. The first kappa shape index (κ1) is 61.1. The molecule has 27 nitrogen and oxygen atoms in total. The van der Waals surface area contributed by atoms with Gasteiger partial charge >= 0.3 is 18.1 Å². The first-order valence-electron chi connectivity index (χ1n) is 26.5. The molecular weight excluding hydrogens is 1040 g/mol. The number of anilines is 2. The van der Waals surface area contributed by atoms with Crippen molar-refractivity contribution < 1.29 is 67.1 Å². The number of nitrogens with two attached hydrogens (primary N) is 2. The third-order valence-corrected chi connectivity index (χ3v) is 12.9. The number of primary amides is 1. The number of fused-ring (bicyclic) bond motifs is 1. The SMILES string of the molecule is CCOc1nc(N)c2nc(O)n(Cc3ccc(CN4CCC(NC(=O)OCc5ccc(NC(=O)[C@H](CCCNC(N)=O)NC(=O)[C@@H](NC(=O)CCOCCOCCOCCN6C(=O)C=CC6=O)C(C)C)cc5)CC4)cc3OC)c2n1. The Bertz CT molecular complexity index is 2770. The number of amides is 8. The van der Waals surface area contributed by atoms with E-state index in [0.29, 0.717) is 55.1 Å². The summed E-state index contributed by atoms with van der Waals surface area (Å²) >= 11 is 0. The number of imidazole rings is 1. The fourth-order valence-electron chi connectivity index (χ4n) is 8.62. The molecule has 2 aromatic heterocycles. The monoisotopic (exact) mass is 1120 g/mol. The number of rotatable bonds is 32. The van der Waals surface area contributed by atoms with E-state index in [1.54, 1.807) is 52.1 Å². The minimum atomic E-state index is -1.06. The second-order valence-corrected chi connectivity index (χ2v) is 19.1. The lowest BCUT2D eigenvalue weighted by molar-refractivity contribution is -0.137. The summed E-state index contributed by atoms with van der Waals surface area (Å²) in [5.74, 6) is -1.92. The van der Waals surface area contributed by atoms with Crippen molar-refractivity contribution in [3.8, 4) is 17.8 Å². The van der Waals surface area contributed by atoms with Crippen LogP contribution < -0.4 is 47.5 Å². The van der Waals surface area contributed by atoms with Crippen LogP contribution >= 0.6 is 0 Å². The second kappa shape index (κ2) is 30.9. The maximum Gasteiger partial charge on any atom is 0.407 e. The number of aromatic nitrogens is 4. The Hall–Kier alpha value is -8.14. The smallest absolute Gasteiger partial charge is 0.407 e. The molecule has 80 heavy (non-hydrogen) atoms. The van der Waals surface area contributed by atoms with Gasteiger partial charge in [-0.25, -0.2) is 9.59 Å². The minimum absolute atomic E-state index is 0.0240. The van der Waals surface area contributed by atoms with E-state index >= 15 is 0 Å². The molecule has 2 aromatic carbocycles. The number of nitrogens with zero attached hydrogens (tertiary/aromatic N) is 6. The van der Waals surface area contributed by atoms with Gasteiger partial charge in [-0.2, -0.15) is 15.0 Å². The highest BCUT2D eigenvalue weighted by Gasteiger charge is 2.30. The van der Waals surface area contributed by atoms with Gasteiger partial charge in [0.25, 0.3) is 17.8 Å². The van der Waals surface area contributed by atoms with Gasteiger partial charge in [0, 0.05) is 62.0 Å². The molecule has 0 bridgehead atoms. The number of nitrogens with one attached hydrogen (secondary N) is 5. The van der Waals surface area contributed by atoms with Crippen molar-refractivity contribution in [2.45, 2.75) is 90.7 Å². The van der Waals surface area contributed by atoms with E-state index in [1.165, 1.54) is 16.7 Å². The number of alkyl carbamates (subject to hydrolysis) is 1. The number of piperidine rings is 1. The van der Waals surface area contributed by atoms with Crippen LogP contribution in [0.4, 0.5) is 21.1 Å². The maximum atomic E-state index is 13.6. The molecule has 0 saturated carbocycles. The van der Waals surface area contributed by atoms with Gasteiger partial charge in [0.2, 0.25) is 17.7 Å². The molecule has 8 amide bonds. The number of aromatic hydroxyl groups is 1. The summed E-state index contributed by atoms with van der Waals surface area (Å²) in [5, 5.41) is 24.4. The van der Waals surface area contributed by atoms with Crippen molar-refractivity contribution in [3.63, 3.8) is 0 Å². The third kappa shape index (κ3) is 18.8. The van der Waals surface area contributed by atoms with E-state index in [9.17, 15) is 38.7 Å². The predicted octanol–water partition coefficient (Wildman–Crippen LogP) is 1.84. The Labute approximate surface area is 462 Å². The molecular formula is C53H73N13O14. The average molecular weight is 1120 g/mol. The van der Waals surface area contributed by atoms with Gasteiger partial charge in [0.1, 0.15) is 24.4 Å². The molecule has 1 saturated heterocycles. The summed E-state index contributed by atoms with van der Waals surface area (Å²) in [6.45, 7) is 9.46. The number of carbonyl (C=O) groups is 7. The number of carbonyl (C=O) groups excluding carboxylic acids is 7. The van der Waals surface area contributed by atoms with Gasteiger partial charge in [-0.1, -0.05) is 38.1 Å². The molecule has 434 valence electrons. The summed E-state index contributed by atoms with van der Waals surface area (Å²) in [6.07, 6.45) is 3.67. The predicted molar refractivity (Wildman–Crippen MR) is 290 cm³/mol. The zero-order valence-corrected chi connectivity index (χ0v) is 45.5. The van der Waals surface area contributed by atoms with E-state index in [2.05, 4.69) is 46.4 Å². The molecule has 0 radical (unpaired) electrons. The molecule has 6 rings (SSSR count). The van der Waals surface area contributed by atoms with Gasteiger partial charge in [-0.15, -0.1) is 0 Å². The highest BCUT2D eigenvalue weighted by Crippen LogP contribution is 2.29. The summed E-state index contributed by atoms with van der Waals surface area (Å²) in [7, 11) is 1.58. The largest absolute Gasteiger partial charge is 0.496 e. The molecule has 27 heteroatoms. The van der Waals surface area contributed by atoms with E-state index < -0.39 is 41.9 Å². The van der Waals surface area contributed by atoms with Crippen molar-refractivity contribution in [2.75, 3.05) is 90.6 Å². The lowest BCUT2D eigenvalue weighted by Gasteiger charge is -2.32. The van der Waals surface area contributed by atoms with Crippen LogP contribution in [0.1, 0.15) is 69.6 Å². The topological polar surface area (TPSA) is 357 Å². The molecule has 4 aromatic rings. The second-order valence-electron chi connectivity index (χ2n) is 19.1. The molecule has 0 spiro atoms. The van der Waals surface area contributed by atoms with E-state index in [1.807, 2.05) is 18.2 Å². The Morgan fingerprint density at radius 3 is 2.17 bits per heavy atom. The number of ether oxygens (including phenoxy) is 6. The molecule has 2 atom stereocenters. The van der Waals surface area contributed by atoms with Crippen molar-refractivity contribution in [1.82, 2.24) is 50.6 Å². The summed E-state index contributed by atoms with van der Waals surface area (Å²) in [5.41, 5.74) is 14.8. The molecule has 0 unspecified atom stereocenters. The first-order valence-corrected chi connectivity index (χ1v) is 26.5. The average Bonchev–Trinajstić information content (AvgIpc) is 3.97. The molecule has 2 aliphatic rings. The van der Waals surface area contributed by atoms with Crippen LogP contribution in [0.5, 0.6) is 17.8 Å². The van der Waals surface area contributed by atoms with Gasteiger partial charge < -0.3 is 71.6 Å². The van der Waals surface area contributed by atoms with Crippen molar-refractivity contribution in [3.05, 3.63) is 71.3 Å². The lowest BCUT2D eigenvalue weighted by Crippen LogP contribution is -2.54. The van der Waals surface area contributed by atoms with Crippen LogP contribution in [-0.4, -0.2) is 174 Å². The van der Waals surface area contributed by atoms with E-state index in [4.69, 9.17) is 39.9 Å².